The van der Waals surface area contributed by atoms with Crippen molar-refractivity contribution in [1.82, 2.24) is 14.3 Å². The van der Waals surface area contributed by atoms with Crippen LogP contribution in [0.5, 0.6) is 11.5 Å². The summed E-state index contributed by atoms with van der Waals surface area (Å²) in [4.78, 5) is 7.01. The Hall–Kier alpha value is -1.80. The van der Waals surface area contributed by atoms with Crippen LogP contribution in [0, 0.1) is 0 Å². The van der Waals surface area contributed by atoms with Crippen molar-refractivity contribution in [2.24, 2.45) is 0 Å². The smallest absolute Gasteiger partial charge is 0.248 e. The van der Waals surface area contributed by atoms with Gasteiger partial charge in [0.05, 0.1) is 24.5 Å². The summed E-state index contributed by atoms with van der Waals surface area (Å²) in [5.74, 6) is 0.342. The van der Waals surface area contributed by atoms with Gasteiger partial charge in [0.25, 0.3) is 0 Å². The molecule has 0 bridgehead atoms. The third-order valence-corrected chi connectivity index (χ3v) is 4.15. The number of benzene rings is 1. The SMILES string of the molecule is COc1cc2nc[nH]c2cc1OCS(=O)(=O)N(C)C. The molecule has 19 heavy (non-hydrogen) atoms. The van der Waals surface area contributed by atoms with E-state index in [0.717, 1.165) is 15.3 Å². The Labute approximate surface area is 111 Å². The first-order valence-corrected chi connectivity index (χ1v) is 7.09. The van der Waals surface area contributed by atoms with Crippen LogP contribution < -0.4 is 9.47 Å². The quantitative estimate of drug-likeness (QED) is 0.878. The second-order valence-electron chi connectivity index (χ2n) is 4.08. The molecule has 0 aliphatic carbocycles. The van der Waals surface area contributed by atoms with E-state index < -0.39 is 16.0 Å². The minimum atomic E-state index is -3.43. The first kappa shape index (κ1) is 13.6. The molecule has 0 spiro atoms. The van der Waals surface area contributed by atoms with Gasteiger partial charge in [0, 0.05) is 26.2 Å². The van der Waals surface area contributed by atoms with Crippen LogP contribution >= 0.6 is 0 Å². The van der Waals surface area contributed by atoms with Crippen molar-refractivity contribution >= 4 is 21.1 Å². The lowest BCUT2D eigenvalue weighted by Gasteiger charge is -2.14. The van der Waals surface area contributed by atoms with Gasteiger partial charge in [0.15, 0.2) is 11.5 Å². The minimum Gasteiger partial charge on any atom is -0.493 e. The van der Waals surface area contributed by atoms with Crippen molar-refractivity contribution < 1.29 is 17.9 Å². The maximum Gasteiger partial charge on any atom is 0.248 e. The Bertz CT molecular complexity index is 678. The minimum absolute atomic E-state index is 0.352. The average Bonchev–Trinajstić information content (AvgIpc) is 2.81. The highest BCUT2D eigenvalue weighted by molar-refractivity contribution is 7.88. The Morgan fingerprint density at radius 1 is 1.32 bits per heavy atom. The molecule has 0 radical (unpaired) electrons. The van der Waals surface area contributed by atoms with E-state index in [-0.39, 0.29) is 0 Å². The number of sulfonamides is 1. The molecule has 1 aromatic heterocycles. The molecule has 0 saturated heterocycles. The van der Waals surface area contributed by atoms with Gasteiger partial charge in [-0.2, -0.15) is 0 Å². The number of imidazole rings is 1. The molecule has 1 aromatic carbocycles. The highest BCUT2D eigenvalue weighted by Gasteiger charge is 2.16. The summed E-state index contributed by atoms with van der Waals surface area (Å²) in [6.07, 6.45) is 1.55. The second kappa shape index (κ2) is 5.06. The van der Waals surface area contributed by atoms with Crippen LogP contribution in [0.25, 0.3) is 11.0 Å². The summed E-state index contributed by atoms with van der Waals surface area (Å²) in [7, 11) is 0.960. The number of fused-ring (bicyclic) bond motifs is 1. The molecular weight excluding hydrogens is 270 g/mol. The fourth-order valence-corrected chi connectivity index (χ4v) is 1.95. The molecule has 1 heterocycles. The van der Waals surface area contributed by atoms with Crippen LogP contribution in [-0.4, -0.2) is 49.8 Å². The number of rotatable bonds is 5. The highest BCUT2D eigenvalue weighted by atomic mass is 32.2. The van der Waals surface area contributed by atoms with Crippen LogP contribution in [0.2, 0.25) is 0 Å². The summed E-state index contributed by atoms with van der Waals surface area (Å²) < 4.78 is 34.9. The number of aromatic nitrogens is 2. The Morgan fingerprint density at radius 3 is 2.68 bits per heavy atom. The predicted molar refractivity (Wildman–Crippen MR) is 70.7 cm³/mol. The Kier molecular flexibility index (Phi) is 3.63. The molecule has 0 saturated carbocycles. The van der Waals surface area contributed by atoms with E-state index in [1.807, 2.05) is 0 Å². The van der Waals surface area contributed by atoms with Crippen molar-refractivity contribution in [2.45, 2.75) is 0 Å². The lowest BCUT2D eigenvalue weighted by atomic mass is 10.3. The zero-order valence-electron chi connectivity index (χ0n) is 10.9. The lowest BCUT2D eigenvalue weighted by molar-refractivity contribution is 0.330. The molecule has 0 aliphatic heterocycles. The van der Waals surface area contributed by atoms with E-state index in [1.54, 1.807) is 18.5 Å². The van der Waals surface area contributed by atoms with E-state index in [0.29, 0.717) is 11.5 Å². The zero-order valence-corrected chi connectivity index (χ0v) is 11.7. The largest absolute Gasteiger partial charge is 0.493 e. The zero-order chi connectivity index (χ0) is 14.0. The van der Waals surface area contributed by atoms with E-state index in [2.05, 4.69) is 9.97 Å². The van der Waals surface area contributed by atoms with Gasteiger partial charge in [-0.15, -0.1) is 0 Å². The molecule has 0 atom stereocenters. The number of nitrogens with one attached hydrogen (secondary N) is 1. The summed E-state index contributed by atoms with van der Waals surface area (Å²) in [6.45, 7) is 0. The number of methoxy groups -OCH3 is 1. The van der Waals surface area contributed by atoms with Crippen molar-refractivity contribution in [1.29, 1.82) is 0 Å². The lowest BCUT2D eigenvalue weighted by Crippen LogP contribution is -2.27. The summed E-state index contributed by atoms with van der Waals surface area (Å²) in [5.41, 5.74) is 1.47. The molecule has 0 fully saturated rings. The van der Waals surface area contributed by atoms with Gasteiger partial charge in [-0.25, -0.2) is 17.7 Å². The fraction of sp³-hybridized carbons (Fsp3) is 0.364. The second-order valence-corrected chi connectivity index (χ2v) is 6.21. The molecule has 2 rings (SSSR count). The molecule has 104 valence electrons. The molecular formula is C11H15N3O4S. The molecule has 0 aliphatic rings. The van der Waals surface area contributed by atoms with Crippen LogP contribution in [0.1, 0.15) is 0 Å². The highest BCUT2D eigenvalue weighted by Crippen LogP contribution is 2.31. The first-order valence-electron chi connectivity index (χ1n) is 5.48. The van der Waals surface area contributed by atoms with Crippen LogP contribution in [-0.2, 0) is 10.0 Å². The maximum atomic E-state index is 11.7. The van der Waals surface area contributed by atoms with Gasteiger partial charge in [-0.3, -0.25) is 0 Å². The number of aromatic amines is 1. The van der Waals surface area contributed by atoms with Gasteiger partial charge in [0.2, 0.25) is 16.0 Å². The summed E-state index contributed by atoms with van der Waals surface area (Å²) >= 11 is 0. The predicted octanol–water partition coefficient (Wildman–Crippen LogP) is 0.799. The average molecular weight is 285 g/mol. The Balaban J connectivity index is 2.29. The van der Waals surface area contributed by atoms with E-state index in [1.165, 1.54) is 21.2 Å². The summed E-state index contributed by atoms with van der Waals surface area (Å²) in [5, 5.41) is 0. The molecule has 2 aromatic rings. The van der Waals surface area contributed by atoms with E-state index >= 15 is 0 Å². The maximum absolute atomic E-state index is 11.7. The first-order chi connectivity index (χ1) is 8.94. The monoisotopic (exact) mass is 285 g/mol. The van der Waals surface area contributed by atoms with E-state index in [4.69, 9.17) is 9.47 Å². The third-order valence-electron chi connectivity index (χ3n) is 2.63. The number of ether oxygens (including phenoxy) is 2. The molecule has 1 N–H and O–H groups in total. The van der Waals surface area contributed by atoms with Gasteiger partial charge in [-0.05, 0) is 0 Å². The van der Waals surface area contributed by atoms with Gasteiger partial charge in [0.1, 0.15) is 0 Å². The van der Waals surface area contributed by atoms with Gasteiger partial charge < -0.3 is 14.5 Å². The van der Waals surface area contributed by atoms with Crippen molar-refractivity contribution in [3.05, 3.63) is 18.5 Å². The number of hydrogen-bond acceptors (Lipinski definition) is 5. The van der Waals surface area contributed by atoms with Gasteiger partial charge >= 0.3 is 0 Å². The van der Waals surface area contributed by atoms with Crippen molar-refractivity contribution in [2.75, 3.05) is 27.1 Å². The summed E-state index contributed by atoms with van der Waals surface area (Å²) in [6, 6.07) is 3.34. The van der Waals surface area contributed by atoms with Crippen LogP contribution in [0.4, 0.5) is 0 Å². The standard InChI is InChI=1S/C11H15N3O4S/c1-14(2)19(15,16)7-18-11-5-9-8(12-6-13-9)4-10(11)17-3/h4-6H,7H2,1-3H3,(H,12,13). The van der Waals surface area contributed by atoms with Crippen LogP contribution in [0.15, 0.2) is 18.5 Å². The van der Waals surface area contributed by atoms with Crippen molar-refractivity contribution in [3.8, 4) is 11.5 Å². The van der Waals surface area contributed by atoms with Crippen molar-refractivity contribution in [3.63, 3.8) is 0 Å². The molecule has 0 unspecified atom stereocenters. The number of nitrogens with zero attached hydrogens (tertiary/aromatic N) is 2. The number of hydrogen-bond donors (Lipinski definition) is 1. The number of H-pyrrole nitrogens is 1. The Morgan fingerprint density at radius 2 is 2.05 bits per heavy atom. The molecule has 8 heteroatoms. The molecule has 7 nitrogen and oxygen atoms in total. The van der Waals surface area contributed by atoms with Crippen LogP contribution in [0.3, 0.4) is 0 Å². The normalized spacial score (nSPS) is 12.0. The third kappa shape index (κ3) is 2.79. The van der Waals surface area contributed by atoms with Gasteiger partial charge in [-0.1, -0.05) is 0 Å². The fourth-order valence-electron chi connectivity index (χ4n) is 1.46. The molecule has 0 amide bonds. The topological polar surface area (TPSA) is 84.5 Å². The van der Waals surface area contributed by atoms with E-state index in [9.17, 15) is 8.42 Å².